The molecule has 0 atom stereocenters. The van der Waals surface area contributed by atoms with E-state index >= 15 is 0 Å². The monoisotopic (exact) mass is 428 g/mol. The van der Waals surface area contributed by atoms with E-state index in [0.717, 1.165) is 5.75 Å². The van der Waals surface area contributed by atoms with Gasteiger partial charge in [-0.2, -0.15) is 0 Å². The molecule has 0 bridgehead atoms. The zero-order valence-electron chi connectivity index (χ0n) is 16.7. The first-order valence-corrected chi connectivity index (χ1v) is 9.85. The molecular weight excluding hydrogens is 408 g/mol. The Bertz CT molecular complexity index is 1020. The second-order valence-corrected chi connectivity index (χ2v) is 7.31. The van der Waals surface area contributed by atoms with Crippen LogP contribution in [0.5, 0.6) is 23.0 Å². The van der Waals surface area contributed by atoms with E-state index in [2.05, 4.69) is 4.99 Å². The molecule has 9 heteroatoms. The van der Waals surface area contributed by atoms with E-state index < -0.39 is 0 Å². The van der Waals surface area contributed by atoms with Crippen LogP contribution in [0.1, 0.15) is 5.56 Å². The number of nitrogens with zero attached hydrogens (tertiary/aromatic N) is 2. The fourth-order valence-electron chi connectivity index (χ4n) is 2.97. The topological polar surface area (TPSA) is 78.8 Å². The molecule has 0 aromatic heterocycles. The number of thioether (sulfide) groups is 1. The molecule has 0 unspecified atom stereocenters. The molecule has 0 spiro atoms. The number of amides is 1. The van der Waals surface area contributed by atoms with Gasteiger partial charge < -0.3 is 23.7 Å². The lowest BCUT2D eigenvalue weighted by Crippen LogP contribution is -2.30. The first-order valence-electron chi connectivity index (χ1n) is 9.03. The molecule has 0 N–H and O–H groups in total. The van der Waals surface area contributed by atoms with Gasteiger partial charge in [0.25, 0.3) is 5.91 Å². The summed E-state index contributed by atoms with van der Waals surface area (Å²) < 4.78 is 26.7. The highest BCUT2D eigenvalue weighted by Crippen LogP contribution is 2.41. The third-order valence-corrected chi connectivity index (χ3v) is 5.46. The van der Waals surface area contributed by atoms with Crippen LogP contribution >= 0.6 is 11.8 Å². The number of hydrogen-bond donors (Lipinski definition) is 0. The summed E-state index contributed by atoms with van der Waals surface area (Å²) >= 11 is 1.27. The SMILES string of the molecule is COCN1C(=O)C(=Cc2cc3c(cc2OC)OCO3)SC1=Nc1ccc(OC)cc1. The van der Waals surface area contributed by atoms with Crippen LogP contribution in [-0.4, -0.2) is 50.8 Å². The van der Waals surface area contributed by atoms with Crippen molar-refractivity contribution in [3.05, 3.63) is 46.9 Å². The van der Waals surface area contributed by atoms with Crippen molar-refractivity contribution in [1.29, 1.82) is 0 Å². The van der Waals surface area contributed by atoms with E-state index in [1.807, 2.05) is 24.3 Å². The van der Waals surface area contributed by atoms with Crippen LogP contribution in [0, 0.1) is 0 Å². The summed E-state index contributed by atoms with van der Waals surface area (Å²) in [5.41, 5.74) is 1.41. The van der Waals surface area contributed by atoms with Crippen LogP contribution in [-0.2, 0) is 9.53 Å². The first kappa shape index (κ1) is 20.1. The molecule has 0 radical (unpaired) electrons. The van der Waals surface area contributed by atoms with Gasteiger partial charge in [-0.3, -0.25) is 9.69 Å². The minimum absolute atomic E-state index is 0.0937. The molecule has 4 rings (SSSR count). The molecule has 1 fully saturated rings. The molecule has 2 aliphatic heterocycles. The quantitative estimate of drug-likeness (QED) is 0.650. The predicted molar refractivity (Wildman–Crippen MR) is 113 cm³/mol. The lowest BCUT2D eigenvalue weighted by atomic mass is 10.1. The standard InChI is InChI=1S/C21H20N2O6S/c1-25-11-23-20(24)19(30-21(23)22-14-4-6-15(26-2)7-5-14)9-13-8-17-18(29-12-28-17)10-16(13)27-3/h4-10H,11-12H2,1-3H3. The normalized spacial score (nSPS) is 17.8. The van der Waals surface area contributed by atoms with Gasteiger partial charge in [0.2, 0.25) is 6.79 Å². The maximum Gasteiger partial charge on any atom is 0.268 e. The average Bonchev–Trinajstić information content (AvgIpc) is 3.33. The maximum absolute atomic E-state index is 13.0. The maximum atomic E-state index is 13.0. The van der Waals surface area contributed by atoms with Gasteiger partial charge in [-0.05, 0) is 48.2 Å². The minimum Gasteiger partial charge on any atom is -0.497 e. The number of amidine groups is 1. The van der Waals surface area contributed by atoms with Gasteiger partial charge in [-0.1, -0.05) is 0 Å². The Hall–Kier alpha value is -3.17. The Morgan fingerprint density at radius 1 is 1.10 bits per heavy atom. The number of benzene rings is 2. The van der Waals surface area contributed by atoms with Crippen LogP contribution < -0.4 is 18.9 Å². The summed E-state index contributed by atoms with van der Waals surface area (Å²) in [7, 11) is 4.71. The molecule has 2 heterocycles. The minimum atomic E-state index is -0.200. The van der Waals surface area contributed by atoms with Crippen molar-refractivity contribution < 1.29 is 28.5 Å². The number of aliphatic imine (C=N–C) groups is 1. The zero-order chi connectivity index (χ0) is 21.1. The van der Waals surface area contributed by atoms with Gasteiger partial charge in [0.15, 0.2) is 16.7 Å². The van der Waals surface area contributed by atoms with E-state index in [-0.39, 0.29) is 19.4 Å². The van der Waals surface area contributed by atoms with Crippen LogP contribution in [0.4, 0.5) is 5.69 Å². The summed E-state index contributed by atoms with van der Waals surface area (Å²) in [6.07, 6.45) is 1.76. The highest BCUT2D eigenvalue weighted by atomic mass is 32.2. The van der Waals surface area contributed by atoms with Crippen molar-refractivity contribution in [1.82, 2.24) is 4.90 Å². The molecular formula is C21H20N2O6S. The third-order valence-electron chi connectivity index (χ3n) is 4.45. The largest absolute Gasteiger partial charge is 0.497 e. The van der Waals surface area contributed by atoms with E-state index in [4.69, 9.17) is 23.7 Å². The fourth-order valence-corrected chi connectivity index (χ4v) is 3.95. The Labute approximate surface area is 178 Å². The Morgan fingerprint density at radius 2 is 1.83 bits per heavy atom. The molecule has 0 saturated carbocycles. The molecule has 1 saturated heterocycles. The summed E-state index contributed by atoms with van der Waals surface area (Å²) in [6, 6.07) is 10.8. The van der Waals surface area contributed by atoms with Gasteiger partial charge in [0, 0.05) is 18.7 Å². The van der Waals surface area contributed by atoms with E-state index in [0.29, 0.717) is 38.6 Å². The summed E-state index contributed by atoms with van der Waals surface area (Å²) in [4.78, 5) is 19.6. The van der Waals surface area contributed by atoms with Crippen molar-refractivity contribution in [2.24, 2.45) is 4.99 Å². The first-order chi connectivity index (χ1) is 14.6. The van der Waals surface area contributed by atoms with Gasteiger partial charge in [-0.15, -0.1) is 0 Å². The number of ether oxygens (including phenoxy) is 5. The number of fused-ring (bicyclic) bond motifs is 1. The summed E-state index contributed by atoms with van der Waals surface area (Å²) in [6.45, 7) is 0.253. The average molecular weight is 428 g/mol. The predicted octanol–water partition coefficient (Wildman–Crippen LogP) is 3.64. The van der Waals surface area contributed by atoms with Crippen molar-refractivity contribution in [2.75, 3.05) is 34.9 Å². The second-order valence-electron chi connectivity index (χ2n) is 6.30. The van der Waals surface area contributed by atoms with Crippen LogP contribution in [0.2, 0.25) is 0 Å². The zero-order valence-corrected chi connectivity index (χ0v) is 17.5. The summed E-state index contributed by atoms with van der Waals surface area (Å²) in [5.74, 6) is 2.34. The highest BCUT2D eigenvalue weighted by molar-refractivity contribution is 8.18. The molecule has 1 amide bonds. The Morgan fingerprint density at radius 3 is 2.50 bits per heavy atom. The van der Waals surface area contributed by atoms with E-state index in [9.17, 15) is 4.79 Å². The van der Waals surface area contributed by atoms with Crippen LogP contribution in [0.25, 0.3) is 6.08 Å². The smallest absolute Gasteiger partial charge is 0.268 e. The molecule has 2 aromatic rings. The number of methoxy groups -OCH3 is 3. The number of carbonyl (C=O) groups excluding carboxylic acids is 1. The lowest BCUT2D eigenvalue weighted by molar-refractivity contribution is -0.125. The number of rotatable bonds is 6. The molecule has 2 aromatic carbocycles. The molecule has 2 aliphatic rings. The highest BCUT2D eigenvalue weighted by Gasteiger charge is 2.34. The lowest BCUT2D eigenvalue weighted by Gasteiger charge is -2.13. The van der Waals surface area contributed by atoms with Gasteiger partial charge >= 0.3 is 0 Å². The van der Waals surface area contributed by atoms with Crippen molar-refractivity contribution >= 4 is 34.6 Å². The van der Waals surface area contributed by atoms with Gasteiger partial charge in [0.05, 0.1) is 24.8 Å². The molecule has 30 heavy (non-hydrogen) atoms. The molecule has 156 valence electrons. The Balaban J connectivity index is 1.68. The van der Waals surface area contributed by atoms with Crippen molar-refractivity contribution in [3.63, 3.8) is 0 Å². The van der Waals surface area contributed by atoms with E-state index in [1.165, 1.54) is 23.8 Å². The second kappa shape index (κ2) is 8.68. The van der Waals surface area contributed by atoms with Crippen LogP contribution in [0.15, 0.2) is 46.3 Å². The van der Waals surface area contributed by atoms with Crippen molar-refractivity contribution in [3.8, 4) is 23.0 Å². The number of hydrogen-bond acceptors (Lipinski definition) is 8. The number of carbonyl (C=O) groups is 1. The molecule has 8 nitrogen and oxygen atoms in total. The Kier molecular flexibility index (Phi) is 5.82. The van der Waals surface area contributed by atoms with Crippen molar-refractivity contribution in [2.45, 2.75) is 0 Å². The molecule has 0 aliphatic carbocycles. The fraction of sp³-hybridized carbons (Fsp3) is 0.238. The van der Waals surface area contributed by atoms with E-state index in [1.54, 1.807) is 32.4 Å². The third kappa shape index (κ3) is 3.94. The van der Waals surface area contributed by atoms with Gasteiger partial charge in [-0.25, -0.2) is 4.99 Å². The summed E-state index contributed by atoms with van der Waals surface area (Å²) in [5, 5.41) is 0.526. The van der Waals surface area contributed by atoms with Gasteiger partial charge in [0.1, 0.15) is 18.2 Å². The van der Waals surface area contributed by atoms with Crippen LogP contribution in [0.3, 0.4) is 0 Å².